The van der Waals surface area contributed by atoms with E-state index in [-0.39, 0.29) is 12.5 Å². The van der Waals surface area contributed by atoms with Gasteiger partial charge in [0.25, 0.3) is 0 Å². The van der Waals surface area contributed by atoms with Crippen LogP contribution in [0.2, 0.25) is 0 Å². The summed E-state index contributed by atoms with van der Waals surface area (Å²) in [6, 6.07) is 0. The number of hydrogen-bond acceptors (Lipinski definition) is 4. The maximum Gasteiger partial charge on any atom is 0.319 e. The molecule has 1 atom stereocenters. The predicted molar refractivity (Wildman–Crippen MR) is 50.4 cm³/mol. The highest BCUT2D eigenvalue weighted by Gasteiger charge is 2.02. The summed E-state index contributed by atoms with van der Waals surface area (Å²) in [6.45, 7) is 4.79. The quantitative estimate of drug-likeness (QED) is 0.447. The molecular formula is C9H19NO3. The van der Waals surface area contributed by atoms with E-state index in [2.05, 4.69) is 5.32 Å². The molecule has 0 aromatic heterocycles. The molecule has 0 saturated heterocycles. The third kappa shape index (κ3) is 9.30. The first-order valence-corrected chi connectivity index (χ1v) is 4.71. The topological polar surface area (TPSA) is 58.6 Å². The Morgan fingerprint density at radius 3 is 2.85 bits per heavy atom. The van der Waals surface area contributed by atoms with Gasteiger partial charge in [-0.3, -0.25) is 4.79 Å². The lowest BCUT2D eigenvalue weighted by molar-refractivity contribution is -0.142. The van der Waals surface area contributed by atoms with Crippen molar-refractivity contribution in [2.75, 3.05) is 19.7 Å². The average molecular weight is 189 g/mol. The monoisotopic (exact) mass is 189 g/mol. The molecule has 2 N–H and O–H groups in total. The number of hydrogen-bond donors (Lipinski definition) is 2. The molecule has 0 aromatic carbocycles. The molecule has 0 spiro atoms. The number of carbonyl (C=O) groups excluding carboxylic acids is 1. The van der Waals surface area contributed by atoms with E-state index in [0.717, 1.165) is 12.8 Å². The average Bonchev–Trinajstić information content (AvgIpc) is 2.04. The van der Waals surface area contributed by atoms with E-state index >= 15 is 0 Å². The lowest BCUT2D eigenvalue weighted by Gasteiger charge is -2.06. The molecule has 1 unspecified atom stereocenters. The standard InChI is InChI=1S/C9H19NO3/c1-3-4-5-13-9(12)7-10-6-8(2)11/h8,10-11H,3-7H2,1-2H3. The fraction of sp³-hybridized carbons (Fsp3) is 0.889. The van der Waals surface area contributed by atoms with Crippen molar-refractivity contribution in [2.45, 2.75) is 32.8 Å². The predicted octanol–water partition coefficient (Wildman–Crippen LogP) is 0.300. The minimum Gasteiger partial charge on any atom is -0.465 e. The second-order valence-corrected chi connectivity index (χ2v) is 3.05. The number of aliphatic hydroxyl groups is 1. The van der Waals surface area contributed by atoms with E-state index in [1.165, 1.54) is 0 Å². The molecule has 0 aliphatic heterocycles. The number of carbonyl (C=O) groups is 1. The summed E-state index contributed by atoms with van der Waals surface area (Å²) in [7, 11) is 0. The van der Waals surface area contributed by atoms with Crippen LogP contribution in [-0.4, -0.2) is 36.9 Å². The molecule has 0 aliphatic rings. The van der Waals surface area contributed by atoms with Gasteiger partial charge < -0.3 is 15.2 Å². The third-order valence-electron chi connectivity index (χ3n) is 1.47. The van der Waals surface area contributed by atoms with Gasteiger partial charge in [0.15, 0.2) is 0 Å². The molecule has 0 aliphatic carbocycles. The lowest BCUT2D eigenvalue weighted by Crippen LogP contribution is -2.30. The third-order valence-corrected chi connectivity index (χ3v) is 1.47. The molecule has 0 fully saturated rings. The van der Waals surface area contributed by atoms with Crippen molar-refractivity contribution in [3.05, 3.63) is 0 Å². The minimum absolute atomic E-state index is 0.175. The van der Waals surface area contributed by atoms with Crippen LogP contribution in [-0.2, 0) is 9.53 Å². The van der Waals surface area contributed by atoms with Crippen molar-refractivity contribution >= 4 is 5.97 Å². The van der Waals surface area contributed by atoms with E-state index in [4.69, 9.17) is 9.84 Å². The van der Waals surface area contributed by atoms with E-state index in [9.17, 15) is 4.79 Å². The van der Waals surface area contributed by atoms with Gasteiger partial charge in [-0.2, -0.15) is 0 Å². The normalized spacial score (nSPS) is 12.5. The Balaban J connectivity index is 3.20. The maximum absolute atomic E-state index is 10.9. The van der Waals surface area contributed by atoms with Crippen LogP contribution in [0.4, 0.5) is 0 Å². The second kappa shape index (κ2) is 8.01. The Hall–Kier alpha value is -0.610. The molecule has 0 heterocycles. The molecule has 0 radical (unpaired) electrons. The highest BCUT2D eigenvalue weighted by molar-refractivity contribution is 5.71. The van der Waals surface area contributed by atoms with E-state index in [1.54, 1.807) is 6.92 Å². The Labute approximate surface area is 79.3 Å². The highest BCUT2D eigenvalue weighted by atomic mass is 16.5. The first-order valence-electron chi connectivity index (χ1n) is 4.71. The van der Waals surface area contributed by atoms with Crippen molar-refractivity contribution in [3.8, 4) is 0 Å². The summed E-state index contributed by atoms with van der Waals surface area (Å²) in [4.78, 5) is 10.9. The number of unbranched alkanes of at least 4 members (excludes halogenated alkanes) is 1. The minimum atomic E-state index is -0.427. The Bertz CT molecular complexity index is 137. The van der Waals surface area contributed by atoms with Gasteiger partial charge in [-0.05, 0) is 13.3 Å². The van der Waals surface area contributed by atoms with Gasteiger partial charge in [-0.15, -0.1) is 0 Å². The van der Waals surface area contributed by atoms with Crippen molar-refractivity contribution in [1.29, 1.82) is 0 Å². The molecule has 4 nitrogen and oxygen atoms in total. The SMILES string of the molecule is CCCCOC(=O)CNCC(C)O. The van der Waals surface area contributed by atoms with Crippen LogP contribution in [0.15, 0.2) is 0 Å². The van der Waals surface area contributed by atoms with E-state index < -0.39 is 6.10 Å². The molecule has 4 heteroatoms. The summed E-state index contributed by atoms with van der Waals surface area (Å²) in [6.07, 6.45) is 1.50. The fourth-order valence-electron chi connectivity index (χ4n) is 0.764. The van der Waals surface area contributed by atoms with Gasteiger partial charge in [0.1, 0.15) is 0 Å². The molecule has 78 valence electrons. The summed E-state index contributed by atoms with van der Waals surface area (Å²) in [5.41, 5.74) is 0. The number of rotatable bonds is 7. The fourth-order valence-corrected chi connectivity index (χ4v) is 0.764. The van der Waals surface area contributed by atoms with Crippen molar-refractivity contribution in [3.63, 3.8) is 0 Å². The summed E-state index contributed by atoms with van der Waals surface area (Å²) in [5, 5.41) is 11.7. The van der Waals surface area contributed by atoms with Crippen molar-refractivity contribution < 1.29 is 14.6 Å². The van der Waals surface area contributed by atoms with Gasteiger partial charge in [0.05, 0.1) is 19.3 Å². The number of nitrogens with one attached hydrogen (secondary N) is 1. The van der Waals surface area contributed by atoms with Crippen LogP contribution < -0.4 is 5.32 Å². The first-order chi connectivity index (χ1) is 6.16. The Kier molecular flexibility index (Phi) is 7.63. The first kappa shape index (κ1) is 12.4. The molecule has 0 amide bonds. The number of ether oxygens (including phenoxy) is 1. The number of aliphatic hydroxyl groups excluding tert-OH is 1. The van der Waals surface area contributed by atoms with Gasteiger partial charge >= 0.3 is 5.97 Å². The van der Waals surface area contributed by atoms with Crippen LogP contribution in [0.5, 0.6) is 0 Å². The number of esters is 1. The summed E-state index contributed by atoms with van der Waals surface area (Å²) in [5.74, 6) is -0.255. The van der Waals surface area contributed by atoms with Crippen LogP contribution in [0.25, 0.3) is 0 Å². The highest BCUT2D eigenvalue weighted by Crippen LogP contribution is 1.87. The summed E-state index contributed by atoms with van der Waals surface area (Å²) < 4.78 is 4.88. The zero-order chi connectivity index (χ0) is 10.1. The van der Waals surface area contributed by atoms with Gasteiger partial charge in [-0.1, -0.05) is 13.3 Å². The van der Waals surface area contributed by atoms with Crippen molar-refractivity contribution in [1.82, 2.24) is 5.32 Å². The zero-order valence-corrected chi connectivity index (χ0v) is 8.38. The smallest absolute Gasteiger partial charge is 0.319 e. The molecule has 0 saturated carbocycles. The van der Waals surface area contributed by atoms with Crippen molar-refractivity contribution in [2.24, 2.45) is 0 Å². The van der Waals surface area contributed by atoms with E-state index in [1.807, 2.05) is 6.92 Å². The second-order valence-electron chi connectivity index (χ2n) is 3.05. The van der Waals surface area contributed by atoms with Gasteiger partial charge in [0, 0.05) is 6.54 Å². The Morgan fingerprint density at radius 1 is 1.62 bits per heavy atom. The lowest BCUT2D eigenvalue weighted by atomic mass is 10.4. The molecule has 0 aromatic rings. The zero-order valence-electron chi connectivity index (χ0n) is 8.38. The largest absolute Gasteiger partial charge is 0.465 e. The van der Waals surface area contributed by atoms with Crippen LogP contribution in [0, 0.1) is 0 Å². The molecular weight excluding hydrogens is 170 g/mol. The maximum atomic E-state index is 10.9. The van der Waals surface area contributed by atoms with Crippen LogP contribution >= 0.6 is 0 Å². The Morgan fingerprint density at radius 2 is 2.31 bits per heavy atom. The molecule has 13 heavy (non-hydrogen) atoms. The molecule has 0 rings (SSSR count). The van der Waals surface area contributed by atoms with Crippen LogP contribution in [0.3, 0.4) is 0 Å². The van der Waals surface area contributed by atoms with Gasteiger partial charge in [0.2, 0.25) is 0 Å². The van der Waals surface area contributed by atoms with E-state index in [0.29, 0.717) is 13.2 Å². The van der Waals surface area contributed by atoms with Crippen LogP contribution in [0.1, 0.15) is 26.7 Å². The molecule has 0 bridgehead atoms. The van der Waals surface area contributed by atoms with Gasteiger partial charge in [-0.25, -0.2) is 0 Å². The summed E-state index contributed by atoms with van der Waals surface area (Å²) >= 11 is 0.